The monoisotopic (exact) mass is 208 g/mol. The molecule has 3 aliphatic rings. The van der Waals surface area contributed by atoms with Gasteiger partial charge in [0.25, 0.3) is 0 Å². The van der Waals surface area contributed by atoms with Gasteiger partial charge >= 0.3 is 0 Å². The molecule has 2 saturated carbocycles. The van der Waals surface area contributed by atoms with Crippen molar-refractivity contribution >= 4 is 0 Å². The van der Waals surface area contributed by atoms with Crippen molar-refractivity contribution in [2.75, 3.05) is 19.6 Å². The van der Waals surface area contributed by atoms with E-state index in [2.05, 4.69) is 10.2 Å². The van der Waals surface area contributed by atoms with Crippen molar-refractivity contribution in [3.05, 3.63) is 0 Å². The average Bonchev–Trinajstić information content (AvgIpc) is 2.89. The molecule has 0 bridgehead atoms. The lowest BCUT2D eigenvalue weighted by Gasteiger charge is -2.33. The van der Waals surface area contributed by atoms with E-state index in [1.54, 1.807) is 0 Å². The van der Waals surface area contributed by atoms with Crippen LogP contribution in [-0.2, 0) is 0 Å². The van der Waals surface area contributed by atoms with Gasteiger partial charge in [-0.25, -0.2) is 0 Å². The van der Waals surface area contributed by atoms with Crippen LogP contribution in [-0.4, -0.2) is 36.6 Å². The second-order valence-electron chi connectivity index (χ2n) is 5.77. The van der Waals surface area contributed by atoms with E-state index in [1.807, 2.05) is 0 Å². The molecule has 0 aromatic carbocycles. The molecule has 86 valence electrons. The Hall–Kier alpha value is -0.0800. The topological polar surface area (TPSA) is 15.3 Å². The lowest BCUT2D eigenvalue weighted by Crippen LogP contribution is -2.42. The van der Waals surface area contributed by atoms with Crippen LogP contribution in [0.15, 0.2) is 0 Å². The molecule has 2 nitrogen and oxygen atoms in total. The van der Waals surface area contributed by atoms with Crippen LogP contribution in [0.2, 0.25) is 0 Å². The van der Waals surface area contributed by atoms with E-state index >= 15 is 0 Å². The van der Waals surface area contributed by atoms with Crippen LogP contribution < -0.4 is 5.32 Å². The maximum Gasteiger partial charge on any atom is 0.0221 e. The van der Waals surface area contributed by atoms with Gasteiger partial charge in [-0.2, -0.15) is 0 Å². The minimum atomic E-state index is 0.867. The number of likely N-dealkylation sites (tertiary alicyclic amines) is 1. The van der Waals surface area contributed by atoms with Crippen molar-refractivity contribution in [3.8, 4) is 0 Å². The molecule has 0 aromatic rings. The first-order valence-electron chi connectivity index (χ1n) is 6.89. The molecule has 1 heterocycles. The number of nitrogens with one attached hydrogen (secondary N) is 1. The molecule has 0 aromatic heterocycles. The first-order chi connectivity index (χ1) is 7.42. The zero-order valence-electron chi connectivity index (χ0n) is 9.75. The van der Waals surface area contributed by atoms with Crippen LogP contribution in [0.5, 0.6) is 0 Å². The maximum absolute atomic E-state index is 3.70. The van der Waals surface area contributed by atoms with E-state index < -0.39 is 0 Å². The highest BCUT2D eigenvalue weighted by atomic mass is 15.2. The third-order valence-corrected chi connectivity index (χ3v) is 4.44. The minimum Gasteiger partial charge on any atom is -0.312 e. The van der Waals surface area contributed by atoms with Crippen LogP contribution in [0.4, 0.5) is 0 Å². The molecule has 1 atom stereocenters. The largest absolute Gasteiger partial charge is 0.312 e. The van der Waals surface area contributed by atoms with Crippen molar-refractivity contribution in [2.45, 2.75) is 57.0 Å². The Balaban J connectivity index is 1.42. The smallest absolute Gasteiger partial charge is 0.0221 e. The van der Waals surface area contributed by atoms with Gasteiger partial charge in [0.15, 0.2) is 0 Å². The Morgan fingerprint density at radius 1 is 1.00 bits per heavy atom. The Bertz CT molecular complexity index is 209. The van der Waals surface area contributed by atoms with Gasteiger partial charge < -0.3 is 5.32 Å². The van der Waals surface area contributed by atoms with Crippen molar-refractivity contribution in [2.24, 2.45) is 5.92 Å². The Morgan fingerprint density at radius 2 is 1.87 bits per heavy atom. The third kappa shape index (κ3) is 2.54. The second-order valence-corrected chi connectivity index (χ2v) is 5.77. The van der Waals surface area contributed by atoms with Gasteiger partial charge in [0.05, 0.1) is 0 Å². The van der Waals surface area contributed by atoms with E-state index in [4.69, 9.17) is 0 Å². The fourth-order valence-corrected chi connectivity index (χ4v) is 2.96. The summed E-state index contributed by atoms with van der Waals surface area (Å²) in [4.78, 5) is 2.76. The summed E-state index contributed by atoms with van der Waals surface area (Å²) in [6.45, 7) is 4.03. The maximum atomic E-state index is 3.70. The molecule has 0 radical (unpaired) electrons. The number of hydrogen-bond acceptors (Lipinski definition) is 2. The molecular weight excluding hydrogens is 184 g/mol. The molecule has 1 N–H and O–H groups in total. The molecule has 1 saturated heterocycles. The Labute approximate surface area is 93.4 Å². The van der Waals surface area contributed by atoms with Crippen LogP contribution in [0.1, 0.15) is 44.9 Å². The zero-order chi connectivity index (χ0) is 10.1. The predicted molar refractivity (Wildman–Crippen MR) is 63.0 cm³/mol. The highest BCUT2D eigenvalue weighted by Crippen LogP contribution is 2.30. The number of rotatable bonds is 5. The number of hydrogen-bond donors (Lipinski definition) is 1. The highest BCUT2D eigenvalue weighted by molar-refractivity contribution is 4.88. The summed E-state index contributed by atoms with van der Waals surface area (Å²) in [5, 5.41) is 3.70. The van der Waals surface area contributed by atoms with Crippen LogP contribution >= 0.6 is 0 Å². The summed E-state index contributed by atoms with van der Waals surface area (Å²) in [5.74, 6) is 1.05. The third-order valence-electron chi connectivity index (χ3n) is 4.44. The van der Waals surface area contributed by atoms with Gasteiger partial charge in [0, 0.05) is 25.2 Å². The summed E-state index contributed by atoms with van der Waals surface area (Å²) in [7, 11) is 0. The number of nitrogens with zero attached hydrogens (tertiary/aromatic N) is 1. The lowest BCUT2D eigenvalue weighted by atomic mass is 9.85. The van der Waals surface area contributed by atoms with E-state index in [-0.39, 0.29) is 0 Å². The first-order valence-corrected chi connectivity index (χ1v) is 6.89. The van der Waals surface area contributed by atoms with Gasteiger partial charge in [0.2, 0.25) is 0 Å². The van der Waals surface area contributed by atoms with Crippen LogP contribution in [0, 0.1) is 5.92 Å². The van der Waals surface area contributed by atoms with E-state index in [9.17, 15) is 0 Å². The summed E-state index contributed by atoms with van der Waals surface area (Å²) in [6, 6.07) is 1.75. The molecule has 0 spiro atoms. The molecule has 3 fully saturated rings. The first kappa shape index (κ1) is 10.1. The van der Waals surface area contributed by atoms with Crippen molar-refractivity contribution in [3.63, 3.8) is 0 Å². The lowest BCUT2D eigenvalue weighted by molar-refractivity contribution is 0.164. The van der Waals surface area contributed by atoms with Gasteiger partial charge in [0.1, 0.15) is 0 Å². The van der Waals surface area contributed by atoms with Crippen molar-refractivity contribution in [1.82, 2.24) is 10.2 Å². The molecule has 1 aliphatic heterocycles. The standard InChI is InChI=1S/C13H24N2/c1-3-11(4-1)10-15-8-2-5-13(15)9-14-12-6-7-12/h11-14H,1-10H2. The zero-order valence-corrected chi connectivity index (χ0v) is 9.75. The minimum absolute atomic E-state index is 0.867. The summed E-state index contributed by atoms with van der Waals surface area (Å²) < 4.78 is 0. The van der Waals surface area contributed by atoms with E-state index in [0.29, 0.717) is 0 Å². The van der Waals surface area contributed by atoms with Gasteiger partial charge in [-0.15, -0.1) is 0 Å². The summed E-state index contributed by atoms with van der Waals surface area (Å²) in [6.07, 6.45) is 10.2. The van der Waals surface area contributed by atoms with Gasteiger partial charge in [-0.05, 0) is 51.0 Å². The average molecular weight is 208 g/mol. The quantitative estimate of drug-likeness (QED) is 0.743. The molecule has 15 heavy (non-hydrogen) atoms. The van der Waals surface area contributed by atoms with Crippen molar-refractivity contribution < 1.29 is 0 Å². The summed E-state index contributed by atoms with van der Waals surface area (Å²) >= 11 is 0. The summed E-state index contributed by atoms with van der Waals surface area (Å²) in [5.41, 5.74) is 0. The van der Waals surface area contributed by atoms with Crippen LogP contribution in [0.3, 0.4) is 0 Å². The Kier molecular flexibility index (Phi) is 2.98. The normalized spacial score (nSPS) is 33.2. The fraction of sp³-hybridized carbons (Fsp3) is 1.00. The predicted octanol–water partition coefficient (Wildman–Crippen LogP) is 2.00. The van der Waals surface area contributed by atoms with Gasteiger partial charge in [-0.3, -0.25) is 4.90 Å². The Morgan fingerprint density at radius 3 is 2.53 bits per heavy atom. The fourth-order valence-electron chi connectivity index (χ4n) is 2.96. The molecular formula is C13H24N2. The highest BCUT2D eigenvalue weighted by Gasteiger charge is 2.30. The van der Waals surface area contributed by atoms with E-state index in [0.717, 1.165) is 18.0 Å². The SMILES string of the molecule is C1CC(CN2CCCC2CNC2CC2)C1. The van der Waals surface area contributed by atoms with Crippen LogP contribution in [0.25, 0.3) is 0 Å². The molecule has 2 aliphatic carbocycles. The molecule has 2 heteroatoms. The second kappa shape index (κ2) is 4.42. The van der Waals surface area contributed by atoms with Crippen molar-refractivity contribution in [1.29, 1.82) is 0 Å². The van der Waals surface area contributed by atoms with Gasteiger partial charge in [-0.1, -0.05) is 6.42 Å². The molecule has 1 unspecified atom stereocenters. The molecule has 0 amide bonds. The molecule has 3 rings (SSSR count). The van der Waals surface area contributed by atoms with E-state index in [1.165, 1.54) is 64.6 Å².